The van der Waals surface area contributed by atoms with Crippen LogP contribution in [0.25, 0.3) is 0 Å². The van der Waals surface area contributed by atoms with Crippen LogP contribution in [-0.2, 0) is 9.59 Å². The highest BCUT2D eigenvalue weighted by Crippen LogP contribution is 2.21. The molecule has 2 heterocycles. The van der Waals surface area contributed by atoms with Crippen LogP contribution in [0.4, 0.5) is 4.79 Å². The van der Waals surface area contributed by atoms with E-state index < -0.39 is 12.1 Å². The van der Waals surface area contributed by atoms with E-state index in [0.717, 1.165) is 10.7 Å². The first-order valence-electron chi connectivity index (χ1n) is 4.97. The molecule has 2 rings (SSSR count). The molecule has 0 radical (unpaired) electrons. The van der Waals surface area contributed by atoms with E-state index in [4.69, 9.17) is 5.11 Å². The van der Waals surface area contributed by atoms with Crippen LogP contribution in [-0.4, -0.2) is 63.5 Å². The van der Waals surface area contributed by atoms with Crippen molar-refractivity contribution in [2.24, 2.45) is 0 Å². The fraction of sp³-hybridized carbons (Fsp3) is 0.667. The topological polar surface area (TPSA) is 77.9 Å². The van der Waals surface area contributed by atoms with Crippen molar-refractivity contribution in [3.63, 3.8) is 0 Å². The van der Waals surface area contributed by atoms with Crippen molar-refractivity contribution in [2.45, 2.75) is 12.5 Å². The Morgan fingerprint density at radius 2 is 2.19 bits per heavy atom. The maximum atomic E-state index is 12.0. The van der Waals surface area contributed by atoms with Crippen LogP contribution in [0, 0.1) is 0 Å². The maximum Gasteiger partial charge on any atom is 0.408 e. The molecule has 1 N–H and O–H groups in total. The molecule has 7 heteroatoms. The van der Waals surface area contributed by atoms with Gasteiger partial charge < -0.3 is 10.0 Å². The smallest absolute Gasteiger partial charge is 0.408 e. The van der Waals surface area contributed by atoms with Crippen molar-refractivity contribution in [2.75, 3.05) is 24.7 Å². The third kappa shape index (κ3) is 1.99. The Morgan fingerprint density at radius 1 is 1.44 bits per heavy atom. The highest BCUT2D eigenvalue weighted by molar-refractivity contribution is 7.99. The van der Waals surface area contributed by atoms with Gasteiger partial charge in [-0.3, -0.25) is 14.5 Å². The second kappa shape index (κ2) is 4.32. The number of amides is 2. The lowest BCUT2D eigenvalue weighted by atomic mass is 10.2. The average molecular weight is 244 g/mol. The first-order valence-corrected chi connectivity index (χ1v) is 6.13. The molecule has 0 saturated carbocycles. The average Bonchev–Trinajstić information content (AvgIpc) is 2.84. The Morgan fingerprint density at radius 3 is 2.75 bits per heavy atom. The molecule has 2 saturated heterocycles. The van der Waals surface area contributed by atoms with E-state index in [-0.39, 0.29) is 24.7 Å². The van der Waals surface area contributed by atoms with Gasteiger partial charge in [0, 0.05) is 18.7 Å². The van der Waals surface area contributed by atoms with E-state index >= 15 is 0 Å². The molecule has 88 valence electrons. The summed E-state index contributed by atoms with van der Waals surface area (Å²) in [5.74, 6) is 1.04. The van der Waals surface area contributed by atoms with E-state index in [1.165, 1.54) is 0 Å². The predicted octanol–water partition coefficient (Wildman–Crippen LogP) is -0.159. The summed E-state index contributed by atoms with van der Waals surface area (Å²) in [4.78, 5) is 36.6. The van der Waals surface area contributed by atoms with Gasteiger partial charge in [0.05, 0.1) is 12.4 Å². The SMILES string of the molecule is O=C1C[C@@H](C(=O)N2CCSC2)N(C(=O)O)C1. The molecular formula is C9H12N2O4S. The molecule has 0 spiro atoms. The fourth-order valence-corrected chi connectivity index (χ4v) is 2.87. The molecule has 16 heavy (non-hydrogen) atoms. The minimum atomic E-state index is -1.20. The van der Waals surface area contributed by atoms with Gasteiger partial charge in [0.25, 0.3) is 0 Å². The Balaban J connectivity index is 2.09. The molecule has 2 amide bonds. The molecule has 0 aliphatic carbocycles. The quantitative estimate of drug-likeness (QED) is 0.693. The molecule has 6 nitrogen and oxygen atoms in total. The van der Waals surface area contributed by atoms with Crippen molar-refractivity contribution in [3.8, 4) is 0 Å². The summed E-state index contributed by atoms with van der Waals surface area (Å²) in [7, 11) is 0. The summed E-state index contributed by atoms with van der Waals surface area (Å²) in [5.41, 5.74) is 0. The molecular weight excluding hydrogens is 232 g/mol. The van der Waals surface area contributed by atoms with Crippen LogP contribution in [0.15, 0.2) is 0 Å². The molecule has 0 aromatic heterocycles. The van der Waals surface area contributed by atoms with Gasteiger partial charge in [-0.2, -0.15) is 0 Å². The largest absolute Gasteiger partial charge is 0.465 e. The molecule has 2 aliphatic heterocycles. The summed E-state index contributed by atoms with van der Waals surface area (Å²) in [6.45, 7) is 0.481. The van der Waals surface area contributed by atoms with Gasteiger partial charge in [0.15, 0.2) is 5.78 Å². The van der Waals surface area contributed by atoms with Gasteiger partial charge in [-0.1, -0.05) is 0 Å². The third-order valence-electron chi connectivity index (χ3n) is 2.74. The van der Waals surface area contributed by atoms with E-state index in [9.17, 15) is 14.4 Å². The Labute approximate surface area is 96.6 Å². The Hall–Kier alpha value is -1.24. The highest BCUT2D eigenvalue weighted by Gasteiger charge is 2.41. The lowest BCUT2D eigenvalue weighted by Gasteiger charge is -2.24. The van der Waals surface area contributed by atoms with E-state index in [2.05, 4.69) is 0 Å². The van der Waals surface area contributed by atoms with Crippen molar-refractivity contribution in [1.29, 1.82) is 0 Å². The number of carboxylic acid groups (broad SMARTS) is 1. The van der Waals surface area contributed by atoms with Gasteiger partial charge in [0.1, 0.15) is 6.04 Å². The van der Waals surface area contributed by atoms with Crippen LogP contribution in [0.1, 0.15) is 6.42 Å². The van der Waals surface area contributed by atoms with Crippen molar-refractivity contribution >= 4 is 29.5 Å². The number of carbonyl (C=O) groups excluding carboxylic acids is 2. The maximum absolute atomic E-state index is 12.0. The van der Waals surface area contributed by atoms with Gasteiger partial charge >= 0.3 is 6.09 Å². The predicted molar refractivity (Wildman–Crippen MR) is 57.2 cm³/mol. The van der Waals surface area contributed by atoms with Crippen LogP contribution in [0.2, 0.25) is 0 Å². The number of likely N-dealkylation sites (tertiary alicyclic amines) is 1. The lowest BCUT2D eigenvalue weighted by Crippen LogP contribution is -2.46. The standard InChI is InChI=1S/C9H12N2O4S/c12-6-3-7(11(4-6)9(14)15)8(13)10-1-2-16-5-10/h7H,1-5H2,(H,14,15)/t7-/m0/s1. The van der Waals surface area contributed by atoms with Gasteiger partial charge in [-0.25, -0.2) is 4.79 Å². The van der Waals surface area contributed by atoms with Gasteiger partial charge in [-0.05, 0) is 0 Å². The van der Waals surface area contributed by atoms with Crippen molar-refractivity contribution < 1.29 is 19.5 Å². The second-order valence-corrected chi connectivity index (χ2v) is 4.88. The molecule has 2 fully saturated rings. The lowest BCUT2D eigenvalue weighted by molar-refractivity contribution is -0.134. The van der Waals surface area contributed by atoms with Crippen LogP contribution in [0.3, 0.4) is 0 Å². The molecule has 0 unspecified atom stereocenters. The summed E-state index contributed by atoms with van der Waals surface area (Å²) in [6, 6.07) is -0.802. The number of thioether (sulfide) groups is 1. The number of Topliss-reactive ketones (excluding diaryl/α,β-unsaturated/α-hetero) is 1. The first kappa shape index (κ1) is 11.3. The molecule has 0 bridgehead atoms. The monoisotopic (exact) mass is 244 g/mol. The van der Waals surface area contributed by atoms with Crippen LogP contribution < -0.4 is 0 Å². The Bertz CT molecular complexity index is 340. The fourth-order valence-electron chi connectivity index (χ4n) is 1.91. The van der Waals surface area contributed by atoms with Crippen molar-refractivity contribution in [3.05, 3.63) is 0 Å². The second-order valence-electron chi connectivity index (χ2n) is 3.81. The highest BCUT2D eigenvalue weighted by atomic mass is 32.2. The number of nitrogens with zero attached hydrogens (tertiary/aromatic N) is 2. The number of ketones is 1. The summed E-state index contributed by atoms with van der Waals surface area (Å²) in [5, 5.41) is 8.89. The zero-order chi connectivity index (χ0) is 11.7. The van der Waals surface area contributed by atoms with Crippen LogP contribution in [0.5, 0.6) is 0 Å². The Kier molecular flexibility index (Phi) is 3.04. The molecule has 2 aliphatic rings. The van der Waals surface area contributed by atoms with Crippen LogP contribution >= 0.6 is 11.8 Å². The summed E-state index contributed by atoms with van der Waals surface area (Å²) in [6.07, 6.45) is -1.18. The van der Waals surface area contributed by atoms with Gasteiger partial charge in [0.2, 0.25) is 5.91 Å². The first-order chi connectivity index (χ1) is 7.59. The van der Waals surface area contributed by atoms with E-state index in [1.807, 2.05) is 0 Å². The minimum Gasteiger partial charge on any atom is -0.465 e. The molecule has 0 aromatic rings. The van der Waals surface area contributed by atoms with E-state index in [0.29, 0.717) is 12.4 Å². The number of hydrogen-bond acceptors (Lipinski definition) is 4. The number of hydrogen-bond donors (Lipinski definition) is 1. The summed E-state index contributed by atoms with van der Waals surface area (Å²) >= 11 is 1.63. The molecule has 1 atom stereocenters. The van der Waals surface area contributed by atoms with Gasteiger partial charge in [-0.15, -0.1) is 11.8 Å². The zero-order valence-corrected chi connectivity index (χ0v) is 9.40. The summed E-state index contributed by atoms with van der Waals surface area (Å²) < 4.78 is 0. The van der Waals surface area contributed by atoms with E-state index in [1.54, 1.807) is 16.7 Å². The zero-order valence-electron chi connectivity index (χ0n) is 8.59. The van der Waals surface area contributed by atoms with Crippen molar-refractivity contribution in [1.82, 2.24) is 9.80 Å². The third-order valence-corrected chi connectivity index (χ3v) is 3.70. The number of carbonyl (C=O) groups is 3. The number of rotatable bonds is 1. The normalized spacial score (nSPS) is 25.2. The molecule has 0 aromatic carbocycles. The minimum absolute atomic E-state index is 0.0201.